The maximum atomic E-state index is 12.2. The van der Waals surface area contributed by atoms with Crippen molar-refractivity contribution in [2.75, 3.05) is 31.8 Å². The smallest absolute Gasteiger partial charge is 0.241 e. The lowest BCUT2D eigenvalue weighted by Crippen LogP contribution is -2.46. The van der Waals surface area contributed by atoms with Crippen molar-refractivity contribution < 1.29 is 14.6 Å². The van der Waals surface area contributed by atoms with Crippen molar-refractivity contribution in [3.8, 4) is 5.75 Å². The van der Waals surface area contributed by atoms with Gasteiger partial charge in [0.1, 0.15) is 5.75 Å². The fourth-order valence-electron chi connectivity index (χ4n) is 1.97. The molecule has 0 saturated heterocycles. The predicted octanol–water partition coefficient (Wildman–Crippen LogP) is 1.31. The SMILES string of the molecule is COc1ccc(NC(=O)C(C)N(C)CC(C)(C)O)c(N)c1. The third-order valence-corrected chi connectivity index (χ3v) is 3.19. The molecule has 1 unspecified atom stereocenters. The first-order chi connectivity index (χ1) is 9.64. The van der Waals surface area contributed by atoms with E-state index < -0.39 is 11.6 Å². The number of carbonyl (C=O) groups is 1. The maximum absolute atomic E-state index is 12.2. The summed E-state index contributed by atoms with van der Waals surface area (Å²) in [5, 5.41) is 12.6. The summed E-state index contributed by atoms with van der Waals surface area (Å²) in [5.74, 6) is 0.455. The Bertz CT molecular complexity index is 497. The normalized spacial score (nSPS) is 13.1. The summed E-state index contributed by atoms with van der Waals surface area (Å²) >= 11 is 0. The second kappa shape index (κ2) is 6.78. The number of anilines is 2. The van der Waals surface area contributed by atoms with Gasteiger partial charge in [-0.25, -0.2) is 0 Å². The fourth-order valence-corrected chi connectivity index (χ4v) is 1.97. The molecule has 1 rings (SSSR count). The van der Waals surface area contributed by atoms with Crippen LogP contribution in [0.15, 0.2) is 18.2 Å². The standard InChI is InChI=1S/C15H25N3O3/c1-10(18(4)9-15(2,3)20)14(19)17-13-7-6-11(21-5)8-12(13)16/h6-8,10,20H,9,16H2,1-5H3,(H,17,19). The molecule has 0 aromatic heterocycles. The van der Waals surface area contributed by atoms with Gasteiger partial charge in [-0.3, -0.25) is 9.69 Å². The van der Waals surface area contributed by atoms with Crippen LogP contribution < -0.4 is 15.8 Å². The van der Waals surface area contributed by atoms with Crippen LogP contribution in [0.1, 0.15) is 20.8 Å². The fraction of sp³-hybridized carbons (Fsp3) is 0.533. The highest BCUT2D eigenvalue weighted by Gasteiger charge is 2.24. The first-order valence-electron chi connectivity index (χ1n) is 6.81. The molecule has 21 heavy (non-hydrogen) atoms. The van der Waals surface area contributed by atoms with Gasteiger partial charge in [-0.1, -0.05) is 0 Å². The number of amides is 1. The molecule has 1 amide bonds. The summed E-state index contributed by atoms with van der Waals surface area (Å²) in [6.45, 7) is 5.58. The van der Waals surface area contributed by atoms with Crippen molar-refractivity contribution in [1.82, 2.24) is 4.90 Å². The van der Waals surface area contributed by atoms with Crippen LogP contribution in [-0.4, -0.2) is 48.3 Å². The van der Waals surface area contributed by atoms with Gasteiger partial charge in [-0.15, -0.1) is 0 Å². The number of methoxy groups -OCH3 is 1. The van der Waals surface area contributed by atoms with Gasteiger partial charge in [0.15, 0.2) is 0 Å². The van der Waals surface area contributed by atoms with Crippen LogP contribution in [0, 0.1) is 0 Å². The van der Waals surface area contributed by atoms with Crippen LogP contribution in [-0.2, 0) is 4.79 Å². The van der Waals surface area contributed by atoms with Gasteiger partial charge in [-0.2, -0.15) is 0 Å². The van der Waals surface area contributed by atoms with E-state index in [1.54, 1.807) is 58.0 Å². The zero-order valence-corrected chi connectivity index (χ0v) is 13.3. The molecule has 4 N–H and O–H groups in total. The molecule has 118 valence electrons. The number of ether oxygens (including phenoxy) is 1. The minimum atomic E-state index is -0.859. The molecular weight excluding hydrogens is 270 g/mol. The molecule has 0 bridgehead atoms. The second-order valence-electron chi connectivity index (χ2n) is 5.85. The van der Waals surface area contributed by atoms with Crippen LogP contribution in [0.4, 0.5) is 11.4 Å². The third kappa shape index (κ3) is 5.24. The van der Waals surface area contributed by atoms with E-state index in [0.29, 0.717) is 23.7 Å². The number of aliphatic hydroxyl groups is 1. The van der Waals surface area contributed by atoms with Crippen LogP contribution in [0.3, 0.4) is 0 Å². The van der Waals surface area contributed by atoms with Gasteiger partial charge in [-0.05, 0) is 40.0 Å². The van der Waals surface area contributed by atoms with E-state index in [0.717, 1.165) is 0 Å². The molecule has 0 radical (unpaired) electrons. The summed E-state index contributed by atoms with van der Waals surface area (Å²) in [5.41, 5.74) is 6.01. The first kappa shape index (κ1) is 17.3. The van der Waals surface area contributed by atoms with Crippen molar-refractivity contribution in [3.05, 3.63) is 18.2 Å². The minimum Gasteiger partial charge on any atom is -0.497 e. The van der Waals surface area contributed by atoms with E-state index in [-0.39, 0.29) is 5.91 Å². The first-order valence-corrected chi connectivity index (χ1v) is 6.81. The van der Waals surface area contributed by atoms with Crippen LogP contribution in [0.25, 0.3) is 0 Å². The van der Waals surface area contributed by atoms with Gasteiger partial charge in [0, 0.05) is 12.6 Å². The summed E-state index contributed by atoms with van der Waals surface area (Å²) < 4.78 is 5.07. The average molecular weight is 295 g/mol. The monoisotopic (exact) mass is 295 g/mol. The van der Waals surface area contributed by atoms with Crippen LogP contribution in [0.5, 0.6) is 5.75 Å². The third-order valence-electron chi connectivity index (χ3n) is 3.19. The average Bonchev–Trinajstić information content (AvgIpc) is 2.38. The Balaban J connectivity index is 2.72. The number of nitrogens with one attached hydrogen (secondary N) is 1. The minimum absolute atomic E-state index is 0.182. The van der Waals surface area contributed by atoms with Crippen LogP contribution >= 0.6 is 0 Å². The number of hydrogen-bond donors (Lipinski definition) is 3. The Kier molecular flexibility index (Phi) is 5.57. The highest BCUT2D eigenvalue weighted by molar-refractivity contribution is 5.97. The molecule has 0 spiro atoms. The molecule has 1 aromatic rings. The number of nitrogens with two attached hydrogens (primary N) is 1. The van der Waals surface area contributed by atoms with Gasteiger partial charge in [0.05, 0.1) is 30.1 Å². The highest BCUT2D eigenvalue weighted by atomic mass is 16.5. The molecule has 0 aliphatic heterocycles. The summed E-state index contributed by atoms with van der Waals surface area (Å²) in [4.78, 5) is 14.0. The van der Waals surface area contributed by atoms with E-state index >= 15 is 0 Å². The van der Waals surface area contributed by atoms with Gasteiger partial charge < -0.3 is 20.9 Å². The number of likely N-dealkylation sites (N-methyl/N-ethyl adjacent to an activating group) is 1. The zero-order valence-electron chi connectivity index (χ0n) is 13.3. The molecule has 0 aliphatic carbocycles. The Morgan fingerprint density at radius 1 is 1.52 bits per heavy atom. The van der Waals surface area contributed by atoms with E-state index in [9.17, 15) is 9.90 Å². The van der Waals surface area contributed by atoms with E-state index in [4.69, 9.17) is 10.5 Å². The van der Waals surface area contributed by atoms with Crippen molar-refractivity contribution in [2.24, 2.45) is 0 Å². The summed E-state index contributed by atoms with van der Waals surface area (Å²) in [7, 11) is 3.35. The Hall–Kier alpha value is -1.79. The van der Waals surface area contributed by atoms with Crippen molar-refractivity contribution >= 4 is 17.3 Å². The molecular formula is C15H25N3O3. The number of nitrogens with zero attached hydrogens (tertiary/aromatic N) is 1. The van der Waals surface area contributed by atoms with Gasteiger partial charge >= 0.3 is 0 Å². The quantitative estimate of drug-likeness (QED) is 0.689. The van der Waals surface area contributed by atoms with Gasteiger partial charge in [0.25, 0.3) is 0 Å². The molecule has 0 saturated carbocycles. The second-order valence-corrected chi connectivity index (χ2v) is 5.85. The molecule has 6 heteroatoms. The molecule has 0 aliphatic rings. The largest absolute Gasteiger partial charge is 0.497 e. The van der Waals surface area contributed by atoms with Crippen molar-refractivity contribution in [3.63, 3.8) is 0 Å². The van der Waals surface area contributed by atoms with Crippen LogP contribution in [0.2, 0.25) is 0 Å². The Morgan fingerprint density at radius 3 is 2.62 bits per heavy atom. The van der Waals surface area contributed by atoms with E-state index in [1.165, 1.54) is 0 Å². The number of nitrogen functional groups attached to an aromatic ring is 1. The molecule has 0 heterocycles. The van der Waals surface area contributed by atoms with Crippen molar-refractivity contribution in [2.45, 2.75) is 32.4 Å². The number of carbonyl (C=O) groups excluding carboxylic acids is 1. The molecule has 6 nitrogen and oxygen atoms in total. The predicted molar refractivity (Wildman–Crippen MR) is 84.4 cm³/mol. The zero-order chi connectivity index (χ0) is 16.2. The lowest BCUT2D eigenvalue weighted by atomic mass is 10.1. The Labute approximate surface area is 125 Å². The molecule has 1 aromatic carbocycles. The number of benzene rings is 1. The number of hydrogen-bond acceptors (Lipinski definition) is 5. The van der Waals surface area contributed by atoms with E-state index in [1.807, 2.05) is 0 Å². The molecule has 1 atom stereocenters. The van der Waals surface area contributed by atoms with Crippen molar-refractivity contribution in [1.29, 1.82) is 0 Å². The van der Waals surface area contributed by atoms with E-state index in [2.05, 4.69) is 5.32 Å². The lowest BCUT2D eigenvalue weighted by Gasteiger charge is -2.29. The lowest BCUT2D eigenvalue weighted by molar-refractivity contribution is -0.121. The summed E-state index contributed by atoms with van der Waals surface area (Å²) in [6.07, 6.45) is 0. The number of rotatable bonds is 6. The van der Waals surface area contributed by atoms with Gasteiger partial charge in [0.2, 0.25) is 5.91 Å². The Morgan fingerprint density at radius 2 is 2.14 bits per heavy atom. The topological polar surface area (TPSA) is 87.8 Å². The highest BCUT2D eigenvalue weighted by Crippen LogP contribution is 2.24. The molecule has 0 fully saturated rings. The summed E-state index contributed by atoms with van der Waals surface area (Å²) in [6, 6.07) is 4.70. The maximum Gasteiger partial charge on any atom is 0.241 e.